The molecule has 0 bridgehead atoms. The van der Waals surface area contributed by atoms with Gasteiger partial charge in [-0.25, -0.2) is 9.18 Å². The minimum Gasteiger partial charge on any atom is -0.452 e. The summed E-state index contributed by atoms with van der Waals surface area (Å²) in [4.78, 5) is 25.0. The van der Waals surface area contributed by atoms with Crippen molar-refractivity contribution in [3.63, 3.8) is 0 Å². The minimum atomic E-state index is -0.648. The Bertz CT molecular complexity index is 496. The number of hydrogen-bond acceptors (Lipinski definition) is 3. The quantitative estimate of drug-likeness (QED) is 0.593. The topological polar surface area (TPSA) is 46.6 Å². The van der Waals surface area contributed by atoms with E-state index in [0.717, 1.165) is 17.7 Å². The van der Waals surface area contributed by atoms with Gasteiger partial charge in [-0.05, 0) is 38.1 Å². The monoisotopic (exact) mass is 279 g/mol. The van der Waals surface area contributed by atoms with E-state index in [1.54, 1.807) is 4.90 Å². The lowest BCUT2D eigenvalue weighted by atomic mass is 10.2. The minimum absolute atomic E-state index is 0.210. The second kappa shape index (κ2) is 7.43. The maximum atomic E-state index is 12.7. The van der Waals surface area contributed by atoms with Crippen molar-refractivity contribution in [2.75, 3.05) is 19.7 Å². The third-order valence-corrected chi connectivity index (χ3v) is 2.60. The largest absolute Gasteiger partial charge is 0.452 e. The molecule has 0 atom stereocenters. The first kappa shape index (κ1) is 15.9. The molecule has 0 spiro atoms. The molecule has 0 aliphatic heterocycles. The molecule has 0 aliphatic rings. The Morgan fingerprint density at radius 2 is 1.90 bits per heavy atom. The van der Waals surface area contributed by atoms with Crippen molar-refractivity contribution in [3.8, 4) is 0 Å². The number of carbonyl (C=O) groups is 2. The second-order valence-electron chi connectivity index (χ2n) is 4.45. The molecule has 1 aromatic carbocycles. The van der Waals surface area contributed by atoms with Gasteiger partial charge in [0.25, 0.3) is 5.91 Å². The van der Waals surface area contributed by atoms with Gasteiger partial charge in [-0.15, -0.1) is 0 Å². The van der Waals surface area contributed by atoms with Crippen molar-refractivity contribution in [1.29, 1.82) is 0 Å². The summed E-state index contributed by atoms with van der Waals surface area (Å²) >= 11 is 0. The van der Waals surface area contributed by atoms with E-state index in [1.165, 1.54) is 12.1 Å². The van der Waals surface area contributed by atoms with Crippen LogP contribution in [-0.2, 0) is 9.53 Å². The first-order chi connectivity index (χ1) is 9.43. The summed E-state index contributed by atoms with van der Waals surface area (Å²) in [6.45, 7) is 8.01. The van der Waals surface area contributed by atoms with Gasteiger partial charge < -0.3 is 9.64 Å². The molecule has 1 amide bonds. The van der Waals surface area contributed by atoms with Crippen LogP contribution < -0.4 is 0 Å². The van der Waals surface area contributed by atoms with E-state index in [-0.39, 0.29) is 18.1 Å². The average Bonchev–Trinajstić information content (AvgIpc) is 2.42. The van der Waals surface area contributed by atoms with Gasteiger partial charge in [-0.1, -0.05) is 12.2 Å². The van der Waals surface area contributed by atoms with Gasteiger partial charge in [-0.3, -0.25) is 4.79 Å². The van der Waals surface area contributed by atoms with E-state index >= 15 is 0 Å². The summed E-state index contributed by atoms with van der Waals surface area (Å²) in [6.07, 6.45) is 0. The summed E-state index contributed by atoms with van der Waals surface area (Å²) in [5.41, 5.74) is 1.06. The van der Waals surface area contributed by atoms with Crippen LogP contribution in [0.25, 0.3) is 0 Å². The molecule has 0 unspecified atom stereocenters. The molecule has 0 radical (unpaired) electrons. The van der Waals surface area contributed by atoms with Crippen LogP contribution in [0.1, 0.15) is 24.2 Å². The molecular formula is C15H18FNO3. The molecule has 4 nitrogen and oxygen atoms in total. The maximum Gasteiger partial charge on any atom is 0.338 e. The summed E-state index contributed by atoms with van der Waals surface area (Å²) in [5.74, 6) is -1.37. The van der Waals surface area contributed by atoms with Crippen LogP contribution in [0.3, 0.4) is 0 Å². The number of halogens is 1. The van der Waals surface area contributed by atoms with Crippen LogP contribution in [-0.4, -0.2) is 36.5 Å². The highest BCUT2D eigenvalue weighted by Gasteiger charge is 2.15. The Balaban J connectivity index is 2.53. The zero-order valence-electron chi connectivity index (χ0n) is 11.7. The van der Waals surface area contributed by atoms with E-state index in [0.29, 0.717) is 13.1 Å². The van der Waals surface area contributed by atoms with Crippen molar-refractivity contribution in [3.05, 3.63) is 47.8 Å². The predicted molar refractivity (Wildman–Crippen MR) is 73.8 cm³/mol. The van der Waals surface area contributed by atoms with Crippen LogP contribution in [0.15, 0.2) is 36.4 Å². The van der Waals surface area contributed by atoms with Crippen molar-refractivity contribution < 1.29 is 18.7 Å². The Labute approximate surface area is 117 Å². The lowest BCUT2D eigenvalue weighted by Crippen LogP contribution is -2.35. The summed E-state index contributed by atoms with van der Waals surface area (Å²) in [6, 6.07) is 4.96. The third kappa shape index (κ3) is 4.84. The van der Waals surface area contributed by atoms with E-state index < -0.39 is 11.8 Å². The van der Waals surface area contributed by atoms with Gasteiger partial charge in [-0.2, -0.15) is 0 Å². The van der Waals surface area contributed by atoms with Gasteiger partial charge in [0.1, 0.15) is 5.82 Å². The van der Waals surface area contributed by atoms with Crippen LogP contribution in [0.5, 0.6) is 0 Å². The number of esters is 1. The van der Waals surface area contributed by atoms with Crippen molar-refractivity contribution in [2.24, 2.45) is 0 Å². The molecule has 5 heteroatoms. The van der Waals surface area contributed by atoms with Crippen molar-refractivity contribution in [1.82, 2.24) is 4.90 Å². The lowest BCUT2D eigenvalue weighted by Gasteiger charge is -2.20. The molecule has 0 saturated carbocycles. The highest BCUT2D eigenvalue weighted by Crippen LogP contribution is 2.05. The number of carbonyl (C=O) groups excluding carboxylic acids is 2. The number of rotatable bonds is 6. The number of ether oxygens (including phenoxy) is 1. The number of nitrogens with zero attached hydrogens (tertiary/aromatic N) is 1. The summed E-state index contributed by atoms with van der Waals surface area (Å²) in [5, 5.41) is 0. The highest BCUT2D eigenvalue weighted by atomic mass is 19.1. The second-order valence-corrected chi connectivity index (χ2v) is 4.45. The van der Waals surface area contributed by atoms with Gasteiger partial charge in [0.15, 0.2) is 6.61 Å². The lowest BCUT2D eigenvalue weighted by molar-refractivity contribution is -0.133. The molecule has 0 aromatic heterocycles. The smallest absolute Gasteiger partial charge is 0.338 e. The Hall–Kier alpha value is -2.17. The Kier molecular flexibility index (Phi) is 5.90. The SMILES string of the molecule is C=C(C)CN(CC)C(=O)COC(=O)c1ccc(F)cc1. The van der Waals surface area contributed by atoms with Gasteiger partial charge in [0, 0.05) is 13.1 Å². The van der Waals surface area contributed by atoms with E-state index in [9.17, 15) is 14.0 Å². The molecule has 108 valence electrons. The van der Waals surface area contributed by atoms with Gasteiger partial charge in [0.05, 0.1) is 5.56 Å². The number of benzene rings is 1. The molecule has 0 N–H and O–H groups in total. The summed E-state index contributed by atoms with van der Waals surface area (Å²) in [7, 11) is 0. The van der Waals surface area contributed by atoms with Crippen molar-refractivity contribution >= 4 is 11.9 Å². The van der Waals surface area contributed by atoms with Gasteiger partial charge in [0.2, 0.25) is 0 Å². The predicted octanol–water partition coefficient (Wildman–Crippen LogP) is 2.41. The fourth-order valence-corrected chi connectivity index (χ4v) is 1.59. The van der Waals surface area contributed by atoms with Gasteiger partial charge >= 0.3 is 5.97 Å². The molecule has 0 aliphatic carbocycles. The van der Waals surface area contributed by atoms with E-state index in [1.807, 2.05) is 13.8 Å². The molecule has 1 rings (SSSR count). The van der Waals surface area contributed by atoms with E-state index in [4.69, 9.17) is 4.74 Å². The molecule has 1 aromatic rings. The van der Waals surface area contributed by atoms with E-state index in [2.05, 4.69) is 6.58 Å². The Morgan fingerprint density at radius 3 is 2.40 bits per heavy atom. The molecule has 0 saturated heterocycles. The first-order valence-electron chi connectivity index (χ1n) is 6.29. The molecular weight excluding hydrogens is 261 g/mol. The zero-order valence-corrected chi connectivity index (χ0v) is 11.7. The first-order valence-corrected chi connectivity index (χ1v) is 6.29. The maximum absolute atomic E-state index is 12.7. The molecule has 0 heterocycles. The normalized spacial score (nSPS) is 9.95. The van der Waals surface area contributed by atoms with Crippen LogP contribution in [0, 0.1) is 5.82 Å². The number of amides is 1. The molecule has 0 fully saturated rings. The fraction of sp³-hybridized carbons (Fsp3) is 0.333. The highest BCUT2D eigenvalue weighted by molar-refractivity contribution is 5.91. The Morgan fingerprint density at radius 1 is 1.30 bits per heavy atom. The third-order valence-electron chi connectivity index (χ3n) is 2.60. The zero-order chi connectivity index (χ0) is 15.1. The average molecular weight is 279 g/mol. The summed E-state index contributed by atoms with van der Waals surface area (Å²) < 4.78 is 17.6. The van der Waals surface area contributed by atoms with Crippen LogP contribution >= 0.6 is 0 Å². The van der Waals surface area contributed by atoms with Crippen molar-refractivity contribution in [2.45, 2.75) is 13.8 Å². The van der Waals surface area contributed by atoms with Crippen LogP contribution in [0.2, 0.25) is 0 Å². The fourth-order valence-electron chi connectivity index (χ4n) is 1.59. The number of likely N-dealkylation sites (N-methyl/N-ethyl adjacent to an activating group) is 1. The number of hydrogen-bond donors (Lipinski definition) is 0. The standard InChI is InChI=1S/C15H18FNO3/c1-4-17(9-11(2)3)14(18)10-20-15(19)12-5-7-13(16)8-6-12/h5-8H,2,4,9-10H2,1,3H3. The molecule has 20 heavy (non-hydrogen) atoms. The van der Waals surface area contributed by atoms with Crippen LogP contribution in [0.4, 0.5) is 4.39 Å².